The highest BCUT2D eigenvalue weighted by molar-refractivity contribution is 6.03. The van der Waals surface area contributed by atoms with Crippen molar-refractivity contribution >= 4 is 22.8 Å². The molecule has 0 radical (unpaired) electrons. The van der Waals surface area contributed by atoms with Crippen LogP contribution in [0.5, 0.6) is 5.75 Å². The molecule has 0 unspecified atom stereocenters. The molecule has 1 aromatic carbocycles. The van der Waals surface area contributed by atoms with E-state index in [2.05, 4.69) is 10.3 Å². The van der Waals surface area contributed by atoms with Crippen molar-refractivity contribution in [2.45, 2.75) is 13.5 Å². The molecule has 2 aromatic heterocycles. The van der Waals surface area contributed by atoms with Crippen molar-refractivity contribution in [1.82, 2.24) is 14.9 Å². The molecule has 3 rings (SSSR count). The van der Waals surface area contributed by atoms with Gasteiger partial charge >= 0.3 is 5.97 Å². The zero-order valence-corrected chi connectivity index (χ0v) is 14.5. The van der Waals surface area contributed by atoms with Gasteiger partial charge in [-0.2, -0.15) is 0 Å². The van der Waals surface area contributed by atoms with Gasteiger partial charge < -0.3 is 20.1 Å². The molecule has 1 amide bonds. The molecule has 2 heterocycles. The summed E-state index contributed by atoms with van der Waals surface area (Å²) in [5.74, 6) is -2.66. The molecular weight excluding hydrogens is 350 g/mol. The second kappa shape index (κ2) is 7.28. The molecule has 0 saturated carbocycles. The number of nitrogens with one attached hydrogen (secondary N) is 1. The van der Waals surface area contributed by atoms with Gasteiger partial charge in [0.25, 0.3) is 11.5 Å². The molecular formula is C19H17N3O5. The number of fused-ring (bicyclic) bond motifs is 1. The topological polar surface area (TPSA) is 122 Å². The zero-order chi connectivity index (χ0) is 19.6. The predicted molar refractivity (Wildman–Crippen MR) is 97.9 cm³/mol. The number of aryl methyl sites for hydroxylation is 1. The molecule has 0 fully saturated rings. The van der Waals surface area contributed by atoms with Gasteiger partial charge in [0, 0.05) is 17.3 Å². The van der Waals surface area contributed by atoms with Crippen LogP contribution in [0.15, 0.2) is 47.4 Å². The summed E-state index contributed by atoms with van der Waals surface area (Å²) in [5, 5.41) is 21.6. The first kappa shape index (κ1) is 18.1. The summed E-state index contributed by atoms with van der Waals surface area (Å²) in [6.07, 6.45) is 1.62. The molecule has 0 bridgehead atoms. The van der Waals surface area contributed by atoms with Gasteiger partial charge in [-0.15, -0.1) is 0 Å². The highest BCUT2D eigenvalue weighted by Crippen LogP contribution is 2.26. The number of aliphatic carboxylic acids is 1. The molecule has 8 heteroatoms. The van der Waals surface area contributed by atoms with E-state index in [4.69, 9.17) is 5.11 Å². The summed E-state index contributed by atoms with van der Waals surface area (Å²) >= 11 is 0. The van der Waals surface area contributed by atoms with Crippen molar-refractivity contribution in [2.75, 3.05) is 6.54 Å². The molecule has 0 spiro atoms. The van der Waals surface area contributed by atoms with Crippen LogP contribution in [0.25, 0.3) is 10.9 Å². The molecule has 0 aliphatic rings. The van der Waals surface area contributed by atoms with Crippen LogP contribution in [0.4, 0.5) is 0 Å². The number of carboxylic acid groups (broad SMARTS) is 1. The molecule has 3 N–H and O–H groups in total. The predicted octanol–water partition coefficient (Wildman–Crippen LogP) is 1.27. The van der Waals surface area contributed by atoms with E-state index < -0.39 is 35.3 Å². The molecule has 0 aliphatic heterocycles. The standard InChI is InChI=1S/C19H17N3O5/c1-11-8-12(6-7-20-11)10-22-14-5-3-2-4-13(14)17(25)16(19(22)27)18(26)21-9-15(23)24/h2-8,25H,9-10H2,1H3,(H,21,26)(H,23,24). The van der Waals surface area contributed by atoms with Crippen LogP contribution in [-0.2, 0) is 11.3 Å². The average molecular weight is 367 g/mol. The van der Waals surface area contributed by atoms with Crippen LogP contribution in [-0.4, -0.2) is 38.2 Å². The van der Waals surface area contributed by atoms with E-state index in [0.717, 1.165) is 11.3 Å². The first-order valence-corrected chi connectivity index (χ1v) is 8.14. The number of pyridine rings is 2. The van der Waals surface area contributed by atoms with E-state index in [1.165, 1.54) is 4.57 Å². The Hall–Kier alpha value is -3.68. The Balaban J connectivity index is 2.18. The number of hydrogen-bond donors (Lipinski definition) is 3. The van der Waals surface area contributed by atoms with Crippen LogP contribution in [0.3, 0.4) is 0 Å². The van der Waals surface area contributed by atoms with Crippen molar-refractivity contribution in [3.8, 4) is 5.75 Å². The number of carbonyl (C=O) groups is 2. The number of benzene rings is 1. The third-order valence-electron chi connectivity index (χ3n) is 4.07. The summed E-state index contributed by atoms with van der Waals surface area (Å²) in [5.41, 5.74) is 0.855. The SMILES string of the molecule is Cc1cc(Cn2c(=O)c(C(=O)NCC(=O)O)c(O)c3ccccc32)ccn1. The number of aromatic nitrogens is 2. The number of nitrogens with zero attached hydrogens (tertiary/aromatic N) is 2. The highest BCUT2D eigenvalue weighted by atomic mass is 16.4. The smallest absolute Gasteiger partial charge is 0.322 e. The molecule has 0 atom stereocenters. The van der Waals surface area contributed by atoms with Gasteiger partial charge in [-0.25, -0.2) is 0 Å². The van der Waals surface area contributed by atoms with Crippen LogP contribution < -0.4 is 10.9 Å². The molecule has 0 saturated heterocycles. The van der Waals surface area contributed by atoms with Crippen molar-refractivity contribution in [2.24, 2.45) is 0 Å². The van der Waals surface area contributed by atoms with Crippen molar-refractivity contribution in [3.63, 3.8) is 0 Å². The number of amides is 1. The van der Waals surface area contributed by atoms with Gasteiger partial charge in [0.1, 0.15) is 17.9 Å². The summed E-state index contributed by atoms with van der Waals surface area (Å²) in [6.45, 7) is 1.34. The number of carboxylic acids is 1. The van der Waals surface area contributed by atoms with E-state index in [1.54, 1.807) is 36.5 Å². The van der Waals surface area contributed by atoms with Crippen LogP contribution in [0.1, 0.15) is 21.6 Å². The Morgan fingerprint density at radius 1 is 1.22 bits per heavy atom. The number of rotatable bonds is 5. The molecule has 27 heavy (non-hydrogen) atoms. The van der Waals surface area contributed by atoms with Gasteiger partial charge in [0.2, 0.25) is 0 Å². The summed E-state index contributed by atoms with van der Waals surface area (Å²) in [6, 6.07) is 10.2. The third-order valence-corrected chi connectivity index (χ3v) is 4.07. The summed E-state index contributed by atoms with van der Waals surface area (Å²) in [7, 11) is 0. The van der Waals surface area contributed by atoms with E-state index in [0.29, 0.717) is 10.9 Å². The largest absolute Gasteiger partial charge is 0.506 e. The first-order chi connectivity index (χ1) is 12.9. The van der Waals surface area contributed by atoms with Crippen LogP contribution in [0.2, 0.25) is 0 Å². The van der Waals surface area contributed by atoms with E-state index in [1.807, 2.05) is 13.0 Å². The first-order valence-electron chi connectivity index (χ1n) is 8.14. The van der Waals surface area contributed by atoms with Gasteiger partial charge in [-0.05, 0) is 36.8 Å². The van der Waals surface area contributed by atoms with Gasteiger partial charge in [-0.1, -0.05) is 12.1 Å². The molecule has 138 valence electrons. The quantitative estimate of drug-likeness (QED) is 0.624. The average Bonchev–Trinajstić information content (AvgIpc) is 2.63. The number of aromatic hydroxyl groups is 1. The van der Waals surface area contributed by atoms with E-state index in [9.17, 15) is 19.5 Å². The van der Waals surface area contributed by atoms with Gasteiger partial charge in [0.05, 0.1) is 12.1 Å². The molecule has 3 aromatic rings. The number of para-hydroxylation sites is 1. The van der Waals surface area contributed by atoms with Gasteiger partial charge in [0.15, 0.2) is 0 Å². The lowest BCUT2D eigenvalue weighted by atomic mass is 10.1. The normalized spacial score (nSPS) is 10.7. The Bertz CT molecular complexity index is 1100. The maximum atomic E-state index is 13.0. The number of carbonyl (C=O) groups excluding carboxylic acids is 1. The summed E-state index contributed by atoms with van der Waals surface area (Å²) in [4.78, 5) is 40.1. The fraction of sp³-hybridized carbons (Fsp3) is 0.158. The lowest BCUT2D eigenvalue weighted by Gasteiger charge is -2.15. The maximum Gasteiger partial charge on any atom is 0.322 e. The zero-order valence-electron chi connectivity index (χ0n) is 14.5. The highest BCUT2D eigenvalue weighted by Gasteiger charge is 2.22. The molecule has 8 nitrogen and oxygen atoms in total. The van der Waals surface area contributed by atoms with Gasteiger partial charge in [-0.3, -0.25) is 19.4 Å². The fourth-order valence-corrected chi connectivity index (χ4v) is 2.88. The monoisotopic (exact) mass is 367 g/mol. The second-order valence-corrected chi connectivity index (χ2v) is 6.01. The fourth-order valence-electron chi connectivity index (χ4n) is 2.88. The minimum atomic E-state index is -1.25. The minimum Gasteiger partial charge on any atom is -0.506 e. The van der Waals surface area contributed by atoms with Crippen molar-refractivity contribution in [3.05, 3.63) is 69.8 Å². The minimum absolute atomic E-state index is 0.169. The van der Waals surface area contributed by atoms with E-state index >= 15 is 0 Å². The Morgan fingerprint density at radius 3 is 2.67 bits per heavy atom. The second-order valence-electron chi connectivity index (χ2n) is 6.01. The maximum absolute atomic E-state index is 13.0. The van der Waals surface area contributed by atoms with Crippen molar-refractivity contribution in [1.29, 1.82) is 0 Å². The Morgan fingerprint density at radius 2 is 1.96 bits per heavy atom. The Labute approximate surface area is 153 Å². The number of hydrogen-bond acceptors (Lipinski definition) is 5. The Kier molecular flexibility index (Phi) is 4.89. The van der Waals surface area contributed by atoms with Crippen LogP contribution in [0, 0.1) is 6.92 Å². The summed E-state index contributed by atoms with van der Waals surface area (Å²) < 4.78 is 1.37. The van der Waals surface area contributed by atoms with E-state index in [-0.39, 0.29) is 6.54 Å². The molecule has 0 aliphatic carbocycles. The third kappa shape index (κ3) is 3.64. The lowest BCUT2D eigenvalue weighted by molar-refractivity contribution is -0.135. The van der Waals surface area contributed by atoms with Crippen molar-refractivity contribution < 1.29 is 19.8 Å². The van der Waals surface area contributed by atoms with Crippen LogP contribution >= 0.6 is 0 Å². The lowest BCUT2D eigenvalue weighted by Crippen LogP contribution is -2.36.